The molecule has 0 atom stereocenters. The maximum absolute atomic E-state index is 12.4. The van der Waals surface area contributed by atoms with Crippen LogP contribution in [0.5, 0.6) is 11.5 Å². The summed E-state index contributed by atoms with van der Waals surface area (Å²) in [5.74, 6) is 0.954. The van der Waals surface area contributed by atoms with Crippen molar-refractivity contribution in [2.24, 2.45) is 0 Å². The molecular weight excluding hydrogens is 429 g/mol. The van der Waals surface area contributed by atoms with Crippen LogP contribution in [0.4, 0.5) is 0 Å². The number of aromatic nitrogens is 2. The average Bonchev–Trinajstić information content (AvgIpc) is 3.13. The minimum atomic E-state index is -0.174. The summed E-state index contributed by atoms with van der Waals surface area (Å²) in [6, 6.07) is 3.46. The summed E-state index contributed by atoms with van der Waals surface area (Å²) in [4.78, 5) is 17.8. The molecule has 3 aromatic rings. The molecule has 0 aliphatic heterocycles. The third kappa shape index (κ3) is 3.27. The summed E-state index contributed by atoms with van der Waals surface area (Å²) < 4.78 is 13.2. The molecule has 2 heterocycles. The number of nitrogens with zero attached hydrogens (tertiary/aromatic N) is 2. The lowest BCUT2D eigenvalue weighted by Crippen LogP contribution is -2.24. The zero-order valence-corrected chi connectivity index (χ0v) is 15.5. The summed E-state index contributed by atoms with van der Waals surface area (Å²) >= 11 is 3.67. The Morgan fingerprint density at radius 1 is 1.35 bits per heavy atom. The molecule has 8 heteroatoms. The summed E-state index contributed by atoms with van der Waals surface area (Å²) in [6.07, 6.45) is 3.85. The van der Waals surface area contributed by atoms with Crippen LogP contribution in [0.15, 0.2) is 29.9 Å². The van der Waals surface area contributed by atoms with Gasteiger partial charge in [-0.25, -0.2) is 4.98 Å². The molecule has 1 aromatic carbocycles. The number of imidazole rings is 1. The second-order valence-corrected chi connectivity index (χ2v) is 6.73. The molecular formula is C15H14IN3O3S. The van der Waals surface area contributed by atoms with Crippen LogP contribution in [0.25, 0.3) is 4.96 Å². The van der Waals surface area contributed by atoms with E-state index in [1.54, 1.807) is 37.7 Å². The number of methoxy groups -OCH3 is 2. The minimum absolute atomic E-state index is 0.174. The van der Waals surface area contributed by atoms with Gasteiger partial charge in [0.05, 0.1) is 32.0 Å². The van der Waals surface area contributed by atoms with Gasteiger partial charge in [0, 0.05) is 21.3 Å². The smallest absolute Gasteiger partial charge is 0.252 e. The van der Waals surface area contributed by atoms with Crippen LogP contribution in [0.1, 0.15) is 16.1 Å². The Morgan fingerprint density at radius 3 is 2.78 bits per heavy atom. The Hall–Kier alpha value is -1.81. The van der Waals surface area contributed by atoms with Gasteiger partial charge in [-0.05, 0) is 34.7 Å². The fraction of sp³-hybridized carbons (Fsp3) is 0.200. The molecule has 0 bridgehead atoms. The van der Waals surface area contributed by atoms with Gasteiger partial charge in [-0.1, -0.05) is 0 Å². The monoisotopic (exact) mass is 443 g/mol. The van der Waals surface area contributed by atoms with E-state index in [1.165, 1.54) is 0 Å². The van der Waals surface area contributed by atoms with Crippen LogP contribution >= 0.6 is 33.9 Å². The van der Waals surface area contributed by atoms with Gasteiger partial charge >= 0.3 is 0 Å². The highest BCUT2D eigenvalue weighted by Crippen LogP contribution is 2.31. The number of thiazole rings is 1. The van der Waals surface area contributed by atoms with Crippen LogP contribution in [0.2, 0.25) is 0 Å². The molecule has 120 valence electrons. The molecule has 2 aromatic heterocycles. The highest BCUT2D eigenvalue weighted by Gasteiger charge is 2.15. The van der Waals surface area contributed by atoms with Crippen LogP contribution in [-0.4, -0.2) is 29.5 Å². The van der Waals surface area contributed by atoms with Gasteiger partial charge in [0.25, 0.3) is 5.91 Å². The lowest BCUT2D eigenvalue weighted by atomic mass is 10.2. The van der Waals surface area contributed by atoms with E-state index in [-0.39, 0.29) is 5.91 Å². The Kier molecular flexibility index (Phi) is 4.71. The number of rotatable bonds is 5. The van der Waals surface area contributed by atoms with Crippen LogP contribution in [0, 0.1) is 3.57 Å². The van der Waals surface area contributed by atoms with E-state index < -0.39 is 0 Å². The number of benzene rings is 1. The van der Waals surface area contributed by atoms with Gasteiger partial charge in [-0.2, -0.15) is 0 Å². The highest BCUT2D eigenvalue weighted by molar-refractivity contribution is 14.1. The molecule has 0 aliphatic carbocycles. The van der Waals surface area contributed by atoms with Crippen molar-refractivity contribution < 1.29 is 14.3 Å². The van der Waals surface area contributed by atoms with E-state index in [0.717, 1.165) is 14.2 Å². The summed E-state index contributed by atoms with van der Waals surface area (Å²) in [7, 11) is 3.11. The molecule has 0 aliphatic rings. The first-order valence-electron chi connectivity index (χ1n) is 6.73. The molecule has 23 heavy (non-hydrogen) atoms. The van der Waals surface area contributed by atoms with Gasteiger partial charge in [-0.15, -0.1) is 11.3 Å². The topological polar surface area (TPSA) is 64.9 Å². The Morgan fingerprint density at radius 2 is 2.09 bits per heavy atom. The predicted molar refractivity (Wildman–Crippen MR) is 96.5 cm³/mol. The van der Waals surface area contributed by atoms with Crippen molar-refractivity contribution >= 4 is 44.8 Å². The zero-order chi connectivity index (χ0) is 16.4. The number of halogens is 1. The highest BCUT2D eigenvalue weighted by atomic mass is 127. The standard InChI is InChI=1S/C15H14IN3O3S/c1-21-12-5-10(11(16)6-13(12)22-2)14(20)17-7-9-8-19-3-4-23-15(19)18-9/h3-6,8H,7H2,1-2H3,(H,17,20). The molecule has 1 amide bonds. The van der Waals surface area contributed by atoms with Crippen molar-refractivity contribution in [1.82, 2.24) is 14.7 Å². The van der Waals surface area contributed by atoms with Crippen molar-refractivity contribution in [1.29, 1.82) is 0 Å². The molecule has 0 saturated heterocycles. The van der Waals surface area contributed by atoms with Crippen molar-refractivity contribution in [2.45, 2.75) is 6.54 Å². The Balaban J connectivity index is 1.76. The number of amides is 1. The van der Waals surface area contributed by atoms with Gasteiger partial charge in [0.2, 0.25) is 0 Å². The Labute approximate surface area is 150 Å². The number of carbonyl (C=O) groups excluding carboxylic acids is 1. The van der Waals surface area contributed by atoms with Crippen molar-refractivity contribution in [3.63, 3.8) is 0 Å². The number of hydrogen-bond acceptors (Lipinski definition) is 5. The molecule has 0 saturated carbocycles. The molecule has 1 N–H and O–H groups in total. The first kappa shape index (κ1) is 16.1. The first-order valence-corrected chi connectivity index (χ1v) is 8.69. The number of fused-ring (bicyclic) bond motifs is 1. The summed E-state index contributed by atoms with van der Waals surface area (Å²) in [6.45, 7) is 0.373. The van der Waals surface area contributed by atoms with Gasteiger partial charge in [-0.3, -0.25) is 9.20 Å². The third-order valence-corrected chi connectivity index (χ3v) is 4.95. The molecule has 0 fully saturated rings. The number of carbonyl (C=O) groups is 1. The molecule has 0 radical (unpaired) electrons. The lowest BCUT2D eigenvalue weighted by Gasteiger charge is -2.11. The second kappa shape index (κ2) is 6.75. The van der Waals surface area contributed by atoms with E-state index >= 15 is 0 Å². The fourth-order valence-electron chi connectivity index (χ4n) is 2.16. The Bertz CT molecular complexity index is 830. The van der Waals surface area contributed by atoms with Crippen molar-refractivity contribution in [2.75, 3.05) is 14.2 Å². The largest absolute Gasteiger partial charge is 0.493 e. The number of ether oxygens (including phenoxy) is 2. The first-order chi connectivity index (χ1) is 11.1. The van der Waals surface area contributed by atoms with Crippen molar-refractivity contribution in [3.8, 4) is 11.5 Å². The zero-order valence-electron chi connectivity index (χ0n) is 12.5. The van der Waals surface area contributed by atoms with E-state index in [4.69, 9.17) is 9.47 Å². The van der Waals surface area contributed by atoms with Crippen LogP contribution < -0.4 is 14.8 Å². The van der Waals surface area contributed by atoms with Crippen LogP contribution in [0.3, 0.4) is 0 Å². The average molecular weight is 443 g/mol. The number of nitrogens with one attached hydrogen (secondary N) is 1. The minimum Gasteiger partial charge on any atom is -0.493 e. The van der Waals surface area contributed by atoms with Gasteiger partial charge in [0.15, 0.2) is 16.5 Å². The molecule has 3 rings (SSSR count). The maximum atomic E-state index is 12.4. The normalized spacial score (nSPS) is 10.7. The molecule has 6 nitrogen and oxygen atoms in total. The van der Waals surface area contributed by atoms with E-state index in [1.807, 2.05) is 22.2 Å². The van der Waals surface area contributed by atoms with Crippen LogP contribution in [-0.2, 0) is 6.54 Å². The van der Waals surface area contributed by atoms with E-state index in [2.05, 4.69) is 32.9 Å². The fourth-order valence-corrected chi connectivity index (χ4v) is 3.56. The summed E-state index contributed by atoms with van der Waals surface area (Å²) in [5.41, 5.74) is 1.37. The SMILES string of the molecule is COc1cc(I)c(C(=O)NCc2cn3ccsc3n2)cc1OC. The second-order valence-electron chi connectivity index (χ2n) is 4.69. The molecule has 0 unspecified atom stereocenters. The summed E-state index contributed by atoms with van der Waals surface area (Å²) in [5, 5.41) is 4.85. The number of hydrogen-bond donors (Lipinski definition) is 1. The van der Waals surface area contributed by atoms with E-state index in [0.29, 0.717) is 23.6 Å². The lowest BCUT2D eigenvalue weighted by molar-refractivity contribution is 0.0949. The van der Waals surface area contributed by atoms with Gasteiger partial charge < -0.3 is 14.8 Å². The van der Waals surface area contributed by atoms with Crippen molar-refractivity contribution in [3.05, 3.63) is 44.7 Å². The van der Waals surface area contributed by atoms with E-state index in [9.17, 15) is 4.79 Å². The van der Waals surface area contributed by atoms with Gasteiger partial charge in [0.1, 0.15) is 0 Å². The third-order valence-electron chi connectivity index (χ3n) is 3.29. The maximum Gasteiger partial charge on any atom is 0.252 e. The quantitative estimate of drug-likeness (QED) is 0.616. The predicted octanol–water partition coefficient (Wildman–Crippen LogP) is 2.95. The molecule has 0 spiro atoms.